The standard InChI is InChI=1S/C13H20O2/c1-10(9-14)13-6-4-12(5-7-13)8-11(2)15-3/h4-7,10-11,14H,8-9H2,1-3H3. The molecule has 0 amide bonds. The van der Waals surface area contributed by atoms with Crippen LogP contribution in [0.4, 0.5) is 0 Å². The van der Waals surface area contributed by atoms with Gasteiger partial charge >= 0.3 is 0 Å². The number of rotatable bonds is 5. The molecular formula is C13H20O2. The molecule has 2 unspecified atom stereocenters. The Morgan fingerprint density at radius 1 is 1.20 bits per heavy atom. The number of aliphatic hydroxyl groups is 1. The fraction of sp³-hybridized carbons (Fsp3) is 0.538. The molecule has 0 aliphatic rings. The van der Waals surface area contributed by atoms with Gasteiger partial charge in [0, 0.05) is 19.6 Å². The zero-order valence-electron chi connectivity index (χ0n) is 9.73. The van der Waals surface area contributed by atoms with Crippen molar-refractivity contribution in [1.82, 2.24) is 0 Å². The SMILES string of the molecule is COC(C)Cc1ccc(C(C)CO)cc1. The van der Waals surface area contributed by atoms with Crippen molar-refractivity contribution in [3.8, 4) is 0 Å². The Morgan fingerprint density at radius 3 is 2.27 bits per heavy atom. The summed E-state index contributed by atoms with van der Waals surface area (Å²) >= 11 is 0. The van der Waals surface area contributed by atoms with Gasteiger partial charge in [-0.05, 0) is 24.5 Å². The molecule has 0 spiro atoms. The Kier molecular flexibility index (Phi) is 4.79. The van der Waals surface area contributed by atoms with Crippen LogP contribution in [0, 0.1) is 0 Å². The van der Waals surface area contributed by atoms with Gasteiger partial charge in [-0.1, -0.05) is 31.2 Å². The van der Waals surface area contributed by atoms with E-state index in [4.69, 9.17) is 9.84 Å². The van der Waals surface area contributed by atoms with Crippen LogP contribution in [0.5, 0.6) is 0 Å². The molecule has 0 saturated carbocycles. The Hall–Kier alpha value is -0.860. The molecule has 84 valence electrons. The molecule has 15 heavy (non-hydrogen) atoms. The lowest BCUT2D eigenvalue weighted by Gasteiger charge is -2.11. The predicted molar refractivity (Wildman–Crippen MR) is 62.1 cm³/mol. The highest BCUT2D eigenvalue weighted by atomic mass is 16.5. The Bertz CT molecular complexity index is 279. The van der Waals surface area contributed by atoms with E-state index in [0.29, 0.717) is 0 Å². The van der Waals surface area contributed by atoms with Gasteiger partial charge in [0.1, 0.15) is 0 Å². The van der Waals surface area contributed by atoms with Crippen molar-refractivity contribution in [1.29, 1.82) is 0 Å². The molecule has 2 nitrogen and oxygen atoms in total. The summed E-state index contributed by atoms with van der Waals surface area (Å²) in [5.74, 6) is 0.221. The maximum absolute atomic E-state index is 9.02. The Morgan fingerprint density at radius 2 is 1.80 bits per heavy atom. The zero-order chi connectivity index (χ0) is 11.3. The molecule has 0 heterocycles. The van der Waals surface area contributed by atoms with Crippen LogP contribution in [-0.2, 0) is 11.2 Å². The van der Waals surface area contributed by atoms with Crippen LogP contribution in [0.2, 0.25) is 0 Å². The van der Waals surface area contributed by atoms with E-state index in [-0.39, 0.29) is 18.6 Å². The molecule has 1 aromatic carbocycles. The van der Waals surface area contributed by atoms with Crippen LogP contribution in [0.3, 0.4) is 0 Å². The fourth-order valence-electron chi connectivity index (χ4n) is 1.50. The normalized spacial score (nSPS) is 14.9. The molecule has 0 fully saturated rings. The first-order chi connectivity index (χ1) is 7.17. The van der Waals surface area contributed by atoms with Crippen molar-refractivity contribution in [2.45, 2.75) is 32.3 Å². The van der Waals surface area contributed by atoms with Crippen molar-refractivity contribution >= 4 is 0 Å². The lowest BCUT2D eigenvalue weighted by atomic mass is 9.99. The molecule has 0 aliphatic heterocycles. The third kappa shape index (κ3) is 3.65. The van der Waals surface area contributed by atoms with Gasteiger partial charge in [0.15, 0.2) is 0 Å². The van der Waals surface area contributed by atoms with E-state index in [9.17, 15) is 0 Å². The number of benzene rings is 1. The van der Waals surface area contributed by atoms with Gasteiger partial charge in [-0.15, -0.1) is 0 Å². The van der Waals surface area contributed by atoms with Crippen molar-refractivity contribution < 1.29 is 9.84 Å². The van der Waals surface area contributed by atoms with Gasteiger partial charge in [-0.25, -0.2) is 0 Å². The molecule has 0 bridgehead atoms. The quantitative estimate of drug-likeness (QED) is 0.805. The molecule has 2 heteroatoms. The van der Waals surface area contributed by atoms with Crippen LogP contribution in [0.1, 0.15) is 30.9 Å². The maximum Gasteiger partial charge on any atom is 0.0583 e. The second-order valence-corrected chi connectivity index (χ2v) is 4.08. The third-order valence-corrected chi connectivity index (χ3v) is 2.75. The zero-order valence-corrected chi connectivity index (χ0v) is 9.73. The number of methoxy groups -OCH3 is 1. The minimum absolute atomic E-state index is 0.202. The summed E-state index contributed by atoms with van der Waals surface area (Å²) < 4.78 is 5.21. The maximum atomic E-state index is 9.02. The molecule has 0 saturated heterocycles. The first-order valence-electron chi connectivity index (χ1n) is 5.39. The molecule has 0 aromatic heterocycles. The van der Waals surface area contributed by atoms with Gasteiger partial charge < -0.3 is 9.84 Å². The van der Waals surface area contributed by atoms with E-state index in [2.05, 4.69) is 31.2 Å². The first-order valence-corrected chi connectivity index (χ1v) is 5.39. The second kappa shape index (κ2) is 5.89. The minimum Gasteiger partial charge on any atom is -0.396 e. The first kappa shape index (κ1) is 12.2. The smallest absolute Gasteiger partial charge is 0.0583 e. The van der Waals surface area contributed by atoms with Crippen molar-refractivity contribution in [2.75, 3.05) is 13.7 Å². The molecule has 1 aromatic rings. The van der Waals surface area contributed by atoms with Crippen molar-refractivity contribution in [3.05, 3.63) is 35.4 Å². The lowest BCUT2D eigenvalue weighted by molar-refractivity contribution is 0.119. The topological polar surface area (TPSA) is 29.5 Å². The second-order valence-electron chi connectivity index (χ2n) is 4.08. The lowest BCUT2D eigenvalue weighted by Crippen LogP contribution is -2.08. The highest BCUT2D eigenvalue weighted by Crippen LogP contribution is 2.16. The fourth-order valence-corrected chi connectivity index (χ4v) is 1.50. The molecule has 2 atom stereocenters. The van der Waals surface area contributed by atoms with Crippen LogP contribution in [0.25, 0.3) is 0 Å². The van der Waals surface area contributed by atoms with Crippen LogP contribution < -0.4 is 0 Å². The molecule has 0 aliphatic carbocycles. The van der Waals surface area contributed by atoms with E-state index in [1.807, 2.05) is 6.92 Å². The van der Waals surface area contributed by atoms with E-state index >= 15 is 0 Å². The Labute approximate surface area is 91.9 Å². The number of hydrogen-bond acceptors (Lipinski definition) is 2. The van der Waals surface area contributed by atoms with Gasteiger partial charge in [0.05, 0.1) is 6.10 Å². The number of aliphatic hydroxyl groups excluding tert-OH is 1. The van der Waals surface area contributed by atoms with Gasteiger partial charge in [-0.3, -0.25) is 0 Å². The van der Waals surface area contributed by atoms with Gasteiger partial charge in [0.25, 0.3) is 0 Å². The van der Waals surface area contributed by atoms with Crippen molar-refractivity contribution in [2.24, 2.45) is 0 Å². The minimum atomic E-state index is 0.202. The summed E-state index contributed by atoms with van der Waals surface area (Å²) in [6, 6.07) is 8.38. The van der Waals surface area contributed by atoms with Crippen molar-refractivity contribution in [3.63, 3.8) is 0 Å². The Balaban J connectivity index is 2.64. The van der Waals surface area contributed by atoms with E-state index in [1.165, 1.54) is 11.1 Å². The van der Waals surface area contributed by atoms with Crippen LogP contribution in [0.15, 0.2) is 24.3 Å². The highest BCUT2D eigenvalue weighted by Gasteiger charge is 2.05. The summed E-state index contributed by atoms with van der Waals surface area (Å²) in [7, 11) is 1.73. The summed E-state index contributed by atoms with van der Waals surface area (Å²) in [6.07, 6.45) is 1.19. The predicted octanol–water partition coefficient (Wildman–Crippen LogP) is 2.36. The summed E-state index contributed by atoms with van der Waals surface area (Å²) in [5, 5.41) is 9.02. The van der Waals surface area contributed by atoms with E-state index < -0.39 is 0 Å². The average Bonchev–Trinajstić information content (AvgIpc) is 2.29. The average molecular weight is 208 g/mol. The van der Waals surface area contributed by atoms with Gasteiger partial charge in [0.2, 0.25) is 0 Å². The summed E-state index contributed by atoms with van der Waals surface area (Å²) in [4.78, 5) is 0. The largest absolute Gasteiger partial charge is 0.396 e. The summed E-state index contributed by atoms with van der Waals surface area (Å²) in [5.41, 5.74) is 2.46. The van der Waals surface area contributed by atoms with Crippen LogP contribution >= 0.6 is 0 Å². The molecule has 1 N–H and O–H groups in total. The van der Waals surface area contributed by atoms with Crippen LogP contribution in [-0.4, -0.2) is 24.9 Å². The van der Waals surface area contributed by atoms with E-state index in [1.54, 1.807) is 7.11 Å². The van der Waals surface area contributed by atoms with Gasteiger partial charge in [-0.2, -0.15) is 0 Å². The number of hydrogen-bond donors (Lipinski definition) is 1. The molecule has 0 radical (unpaired) electrons. The van der Waals surface area contributed by atoms with E-state index in [0.717, 1.165) is 6.42 Å². The highest BCUT2D eigenvalue weighted by molar-refractivity contribution is 5.25. The summed E-state index contributed by atoms with van der Waals surface area (Å²) in [6.45, 7) is 4.28. The third-order valence-electron chi connectivity index (χ3n) is 2.75. The number of ether oxygens (including phenoxy) is 1. The monoisotopic (exact) mass is 208 g/mol. The molecule has 1 rings (SSSR count). The molecular weight excluding hydrogens is 188 g/mol.